The van der Waals surface area contributed by atoms with Gasteiger partial charge in [0, 0.05) is 6.07 Å². The van der Waals surface area contributed by atoms with Crippen LogP contribution in [0.25, 0.3) is 0 Å². The zero-order valence-electron chi connectivity index (χ0n) is 12.1. The van der Waals surface area contributed by atoms with Crippen LogP contribution in [0.5, 0.6) is 5.88 Å². The first-order valence-corrected chi connectivity index (χ1v) is 7.14. The number of carbonyl (C=O) groups is 1. The maximum atomic E-state index is 11.6. The van der Waals surface area contributed by atoms with Crippen molar-refractivity contribution >= 4 is 11.7 Å². The van der Waals surface area contributed by atoms with E-state index in [1.807, 2.05) is 0 Å². The summed E-state index contributed by atoms with van der Waals surface area (Å²) in [5.41, 5.74) is 6.33. The molecule has 1 aromatic rings. The molecule has 1 saturated carbocycles. The molecular weight excluding hydrogens is 256 g/mol. The molecule has 0 aliphatic heterocycles. The smallest absolute Gasteiger partial charge is 0.340 e. The fraction of sp³-hybridized carbons (Fsp3) is 0.600. The van der Waals surface area contributed by atoms with E-state index in [-0.39, 0.29) is 6.10 Å². The lowest BCUT2D eigenvalue weighted by Gasteiger charge is -2.28. The average Bonchev–Trinajstić information content (AvgIpc) is 2.48. The fourth-order valence-electron chi connectivity index (χ4n) is 2.69. The summed E-state index contributed by atoms with van der Waals surface area (Å²) >= 11 is 0. The van der Waals surface area contributed by atoms with Gasteiger partial charge in [0.15, 0.2) is 0 Å². The lowest BCUT2D eigenvalue weighted by molar-refractivity contribution is 0.0600. The van der Waals surface area contributed by atoms with Crippen molar-refractivity contribution in [3.8, 4) is 5.88 Å². The third-order valence-corrected chi connectivity index (χ3v) is 3.91. The van der Waals surface area contributed by atoms with E-state index in [4.69, 9.17) is 15.2 Å². The highest BCUT2D eigenvalue weighted by molar-refractivity contribution is 5.95. The molecule has 20 heavy (non-hydrogen) atoms. The number of nitrogen functional groups attached to an aromatic ring is 1. The molecule has 0 amide bonds. The average molecular weight is 278 g/mol. The summed E-state index contributed by atoms with van der Waals surface area (Å²) in [6.45, 7) is 2.21. The second-order valence-corrected chi connectivity index (χ2v) is 5.28. The number of nitrogens with two attached hydrogens (primary N) is 1. The van der Waals surface area contributed by atoms with E-state index in [2.05, 4.69) is 11.9 Å². The monoisotopic (exact) mass is 278 g/mol. The zero-order chi connectivity index (χ0) is 14.5. The molecular formula is C15H22N2O3. The molecule has 5 heteroatoms. The summed E-state index contributed by atoms with van der Waals surface area (Å²) in [7, 11) is 1.33. The quantitative estimate of drug-likeness (QED) is 0.857. The lowest BCUT2D eigenvalue weighted by Crippen LogP contribution is -2.25. The van der Waals surface area contributed by atoms with Crippen LogP contribution in [0.1, 0.15) is 49.4 Å². The first-order valence-electron chi connectivity index (χ1n) is 7.14. The van der Waals surface area contributed by atoms with Gasteiger partial charge in [-0.1, -0.05) is 19.8 Å². The van der Waals surface area contributed by atoms with Crippen LogP contribution < -0.4 is 10.5 Å². The van der Waals surface area contributed by atoms with Gasteiger partial charge in [-0.05, 0) is 25.2 Å². The molecule has 2 atom stereocenters. The van der Waals surface area contributed by atoms with E-state index < -0.39 is 5.97 Å². The molecule has 1 fully saturated rings. The van der Waals surface area contributed by atoms with Crippen LogP contribution in [0.2, 0.25) is 0 Å². The van der Waals surface area contributed by atoms with E-state index in [9.17, 15) is 4.79 Å². The maximum absolute atomic E-state index is 11.6. The fourth-order valence-corrected chi connectivity index (χ4v) is 2.69. The number of hydrogen-bond acceptors (Lipinski definition) is 5. The first kappa shape index (κ1) is 14.6. The van der Waals surface area contributed by atoms with Gasteiger partial charge in [-0.2, -0.15) is 0 Å². The summed E-state index contributed by atoms with van der Waals surface area (Å²) in [6, 6.07) is 1.57. The Bertz CT molecular complexity index is 476. The standard InChI is InChI=1S/C15H22N2O3/c1-3-10-5-4-6-11(7-10)20-14-8-12(15(18)19-2)13(16)9-17-14/h8-11H,3-7,16H2,1-2H3. The van der Waals surface area contributed by atoms with Crippen molar-refractivity contribution in [1.82, 2.24) is 4.98 Å². The molecule has 0 radical (unpaired) electrons. The van der Waals surface area contributed by atoms with Gasteiger partial charge in [-0.3, -0.25) is 0 Å². The van der Waals surface area contributed by atoms with Crippen LogP contribution in [0.4, 0.5) is 5.69 Å². The van der Waals surface area contributed by atoms with E-state index in [1.54, 1.807) is 6.07 Å². The highest BCUT2D eigenvalue weighted by Gasteiger charge is 2.23. The van der Waals surface area contributed by atoms with E-state index in [0.29, 0.717) is 17.1 Å². The van der Waals surface area contributed by atoms with Crippen molar-refractivity contribution in [2.24, 2.45) is 5.92 Å². The molecule has 0 spiro atoms. The Hall–Kier alpha value is -1.78. The number of ether oxygens (including phenoxy) is 2. The third-order valence-electron chi connectivity index (χ3n) is 3.91. The minimum atomic E-state index is -0.468. The van der Waals surface area contributed by atoms with Gasteiger partial charge < -0.3 is 15.2 Å². The highest BCUT2D eigenvalue weighted by atomic mass is 16.5. The number of rotatable bonds is 4. The predicted octanol–water partition coefficient (Wildman–Crippen LogP) is 2.80. The van der Waals surface area contributed by atoms with Crippen LogP contribution in [0.15, 0.2) is 12.3 Å². The molecule has 110 valence electrons. The minimum absolute atomic E-state index is 0.176. The molecule has 1 aromatic heterocycles. The third kappa shape index (κ3) is 3.40. The minimum Gasteiger partial charge on any atom is -0.474 e. The Balaban J connectivity index is 2.07. The van der Waals surface area contributed by atoms with Crippen LogP contribution in [-0.2, 0) is 4.74 Å². The molecule has 1 heterocycles. The number of esters is 1. The molecule has 0 saturated heterocycles. The predicted molar refractivity (Wildman–Crippen MR) is 76.7 cm³/mol. The Morgan fingerprint density at radius 1 is 1.50 bits per heavy atom. The molecule has 2 N–H and O–H groups in total. The lowest BCUT2D eigenvalue weighted by atomic mass is 9.85. The Morgan fingerprint density at radius 3 is 3.00 bits per heavy atom. The van der Waals surface area contributed by atoms with Gasteiger partial charge in [0.1, 0.15) is 6.10 Å². The largest absolute Gasteiger partial charge is 0.474 e. The molecule has 2 unspecified atom stereocenters. The van der Waals surface area contributed by atoms with E-state index >= 15 is 0 Å². The van der Waals surface area contributed by atoms with Gasteiger partial charge in [0.25, 0.3) is 0 Å². The van der Waals surface area contributed by atoms with Gasteiger partial charge in [-0.25, -0.2) is 9.78 Å². The molecule has 1 aliphatic carbocycles. The summed E-state index contributed by atoms with van der Waals surface area (Å²) in [6.07, 6.45) is 7.35. The van der Waals surface area contributed by atoms with Crippen molar-refractivity contribution in [1.29, 1.82) is 0 Å². The molecule has 1 aliphatic rings. The van der Waals surface area contributed by atoms with Gasteiger partial charge in [0.2, 0.25) is 5.88 Å². The molecule has 5 nitrogen and oxygen atoms in total. The van der Waals surface area contributed by atoms with Crippen molar-refractivity contribution in [2.45, 2.75) is 45.1 Å². The van der Waals surface area contributed by atoms with Crippen molar-refractivity contribution in [3.05, 3.63) is 17.8 Å². The number of aromatic nitrogens is 1. The Morgan fingerprint density at radius 2 is 2.30 bits per heavy atom. The van der Waals surface area contributed by atoms with Crippen LogP contribution in [-0.4, -0.2) is 24.2 Å². The van der Waals surface area contributed by atoms with Crippen molar-refractivity contribution in [2.75, 3.05) is 12.8 Å². The van der Waals surface area contributed by atoms with E-state index in [0.717, 1.165) is 18.8 Å². The summed E-state index contributed by atoms with van der Waals surface area (Å²) in [5, 5.41) is 0. The van der Waals surface area contributed by atoms with E-state index in [1.165, 1.54) is 32.6 Å². The van der Waals surface area contributed by atoms with Crippen LogP contribution >= 0.6 is 0 Å². The number of pyridine rings is 1. The number of carbonyl (C=O) groups excluding carboxylic acids is 1. The van der Waals surface area contributed by atoms with Crippen molar-refractivity contribution in [3.63, 3.8) is 0 Å². The first-order chi connectivity index (χ1) is 9.63. The Labute approximate surface area is 119 Å². The van der Waals surface area contributed by atoms with Crippen LogP contribution in [0.3, 0.4) is 0 Å². The normalized spacial score (nSPS) is 22.3. The topological polar surface area (TPSA) is 74.4 Å². The SMILES string of the molecule is CCC1CCCC(Oc2cc(C(=O)OC)c(N)cn2)C1. The van der Waals surface area contributed by atoms with Gasteiger partial charge in [0.05, 0.1) is 24.6 Å². The zero-order valence-corrected chi connectivity index (χ0v) is 12.1. The maximum Gasteiger partial charge on any atom is 0.340 e. The second kappa shape index (κ2) is 6.59. The van der Waals surface area contributed by atoms with Gasteiger partial charge >= 0.3 is 5.97 Å². The Kier molecular flexibility index (Phi) is 4.82. The number of anilines is 1. The molecule has 2 rings (SSSR count). The summed E-state index contributed by atoms with van der Waals surface area (Å²) < 4.78 is 10.6. The number of methoxy groups -OCH3 is 1. The molecule has 0 bridgehead atoms. The second-order valence-electron chi connectivity index (χ2n) is 5.28. The highest BCUT2D eigenvalue weighted by Crippen LogP contribution is 2.29. The molecule has 0 aromatic carbocycles. The summed E-state index contributed by atoms with van der Waals surface area (Å²) in [4.78, 5) is 15.7. The van der Waals surface area contributed by atoms with Crippen LogP contribution in [0, 0.1) is 5.92 Å². The number of hydrogen-bond donors (Lipinski definition) is 1. The van der Waals surface area contributed by atoms with Crippen molar-refractivity contribution < 1.29 is 14.3 Å². The van der Waals surface area contributed by atoms with Gasteiger partial charge in [-0.15, -0.1) is 0 Å². The summed E-state index contributed by atoms with van der Waals surface area (Å²) in [5.74, 6) is 0.703. The number of nitrogens with zero attached hydrogens (tertiary/aromatic N) is 1.